The van der Waals surface area contributed by atoms with Crippen LogP contribution < -0.4 is 15.8 Å². The zero-order chi connectivity index (χ0) is 19.5. The van der Waals surface area contributed by atoms with Crippen LogP contribution in [-0.2, 0) is 7.05 Å². The first kappa shape index (κ1) is 17.9. The fourth-order valence-corrected chi connectivity index (χ4v) is 2.92. The number of hydrogen-bond donors (Lipinski definition) is 2. The maximum Gasteiger partial charge on any atom is 0.222 e. The van der Waals surface area contributed by atoms with Crippen LogP contribution in [0.4, 0.5) is 5.95 Å². The lowest BCUT2D eigenvalue weighted by Gasteiger charge is -2.12. The van der Waals surface area contributed by atoms with E-state index >= 15 is 0 Å². The standard InChI is InChI=1S/C20H21N7O/c1-27-19(9-17(26-27)14-3-4-14)28-18-8-13(10-22)2-5-16(18)15-11-24-20(25-12-15)23-7-6-21/h2,5,8-9,11-12,14H,3-4,6-7,21H2,1H3,(H,23,24,25). The van der Waals surface area contributed by atoms with E-state index in [9.17, 15) is 5.26 Å². The van der Waals surface area contributed by atoms with Crippen molar-refractivity contribution in [2.45, 2.75) is 18.8 Å². The van der Waals surface area contributed by atoms with Crippen LogP contribution in [0.15, 0.2) is 36.7 Å². The minimum Gasteiger partial charge on any atom is -0.439 e. The number of nitriles is 1. The van der Waals surface area contributed by atoms with Gasteiger partial charge >= 0.3 is 0 Å². The second-order valence-corrected chi connectivity index (χ2v) is 6.74. The summed E-state index contributed by atoms with van der Waals surface area (Å²) in [6.07, 6.45) is 5.79. The molecule has 2 heterocycles. The summed E-state index contributed by atoms with van der Waals surface area (Å²) in [6.45, 7) is 1.11. The van der Waals surface area contributed by atoms with Gasteiger partial charge in [-0.3, -0.25) is 0 Å². The quantitative estimate of drug-likeness (QED) is 0.652. The topological polar surface area (TPSA) is 115 Å². The lowest BCUT2D eigenvalue weighted by molar-refractivity contribution is 0.432. The number of nitrogens with zero attached hydrogens (tertiary/aromatic N) is 5. The monoisotopic (exact) mass is 375 g/mol. The maximum absolute atomic E-state index is 9.28. The maximum atomic E-state index is 9.28. The minimum absolute atomic E-state index is 0.506. The van der Waals surface area contributed by atoms with Crippen LogP contribution in [0.5, 0.6) is 11.6 Å². The number of rotatable bonds is 7. The summed E-state index contributed by atoms with van der Waals surface area (Å²) < 4.78 is 7.88. The Morgan fingerprint density at radius 1 is 1.29 bits per heavy atom. The van der Waals surface area contributed by atoms with Crippen molar-refractivity contribution in [2.75, 3.05) is 18.4 Å². The van der Waals surface area contributed by atoms with Gasteiger partial charge in [-0.2, -0.15) is 10.4 Å². The molecule has 0 saturated heterocycles. The molecule has 1 aliphatic rings. The molecule has 3 N–H and O–H groups in total. The highest BCUT2D eigenvalue weighted by molar-refractivity contribution is 5.71. The Labute approximate surface area is 163 Å². The van der Waals surface area contributed by atoms with Crippen LogP contribution in [0.1, 0.15) is 30.0 Å². The Morgan fingerprint density at radius 3 is 2.75 bits per heavy atom. The number of aryl methyl sites for hydroxylation is 1. The number of benzene rings is 1. The molecule has 1 aliphatic carbocycles. The lowest BCUT2D eigenvalue weighted by atomic mass is 10.1. The molecular formula is C20H21N7O. The largest absolute Gasteiger partial charge is 0.439 e. The van der Waals surface area contributed by atoms with Gasteiger partial charge < -0.3 is 15.8 Å². The fourth-order valence-electron chi connectivity index (χ4n) is 2.92. The van der Waals surface area contributed by atoms with Gasteiger partial charge in [-0.25, -0.2) is 14.6 Å². The molecule has 0 radical (unpaired) electrons. The first-order valence-corrected chi connectivity index (χ1v) is 9.20. The second kappa shape index (κ2) is 7.66. The molecule has 142 valence electrons. The normalized spacial score (nSPS) is 13.2. The molecule has 0 aliphatic heterocycles. The lowest BCUT2D eigenvalue weighted by Crippen LogP contribution is -2.14. The molecule has 3 aromatic rings. The minimum atomic E-state index is 0.506. The molecule has 4 rings (SSSR count). The molecule has 1 saturated carbocycles. The highest BCUT2D eigenvalue weighted by Crippen LogP contribution is 2.41. The molecule has 1 fully saturated rings. The van der Waals surface area contributed by atoms with Crippen LogP contribution in [0.25, 0.3) is 11.1 Å². The smallest absolute Gasteiger partial charge is 0.222 e. The van der Waals surface area contributed by atoms with E-state index in [0.717, 1.165) is 16.8 Å². The number of nitrogens with two attached hydrogens (primary N) is 1. The van der Waals surface area contributed by atoms with Gasteiger partial charge in [-0.15, -0.1) is 0 Å². The van der Waals surface area contributed by atoms with Gasteiger partial charge in [0.1, 0.15) is 5.75 Å². The third kappa shape index (κ3) is 3.80. The number of ether oxygens (including phenoxy) is 1. The third-order valence-corrected chi connectivity index (χ3v) is 4.57. The van der Waals surface area contributed by atoms with Gasteiger partial charge in [-0.1, -0.05) is 0 Å². The molecular weight excluding hydrogens is 354 g/mol. The van der Waals surface area contributed by atoms with Crippen molar-refractivity contribution in [1.29, 1.82) is 5.26 Å². The van der Waals surface area contributed by atoms with Crippen LogP contribution in [-0.4, -0.2) is 32.8 Å². The second-order valence-electron chi connectivity index (χ2n) is 6.74. The Hall–Kier alpha value is -3.44. The molecule has 0 bridgehead atoms. The van der Waals surface area contributed by atoms with E-state index in [4.69, 9.17) is 10.5 Å². The zero-order valence-electron chi connectivity index (χ0n) is 15.6. The molecule has 0 amide bonds. The average molecular weight is 375 g/mol. The van der Waals surface area contributed by atoms with Crippen molar-refractivity contribution in [3.05, 3.63) is 47.9 Å². The molecule has 2 aromatic heterocycles. The van der Waals surface area contributed by atoms with Gasteiger partial charge in [0.05, 0.1) is 17.3 Å². The van der Waals surface area contributed by atoms with Gasteiger partial charge in [-0.05, 0) is 31.0 Å². The Balaban J connectivity index is 1.65. The molecule has 0 atom stereocenters. The molecule has 28 heavy (non-hydrogen) atoms. The highest BCUT2D eigenvalue weighted by atomic mass is 16.5. The van der Waals surface area contributed by atoms with Crippen molar-refractivity contribution in [3.8, 4) is 28.8 Å². The Kier molecular flexibility index (Phi) is 4.91. The van der Waals surface area contributed by atoms with Crippen molar-refractivity contribution < 1.29 is 4.74 Å². The number of hydrogen-bond acceptors (Lipinski definition) is 7. The van der Waals surface area contributed by atoms with Gasteiger partial charge in [0.2, 0.25) is 11.8 Å². The van der Waals surface area contributed by atoms with E-state index in [0.29, 0.717) is 42.1 Å². The molecule has 8 nitrogen and oxygen atoms in total. The highest BCUT2D eigenvalue weighted by Gasteiger charge is 2.27. The van der Waals surface area contributed by atoms with Crippen LogP contribution in [0, 0.1) is 11.3 Å². The van der Waals surface area contributed by atoms with Crippen molar-refractivity contribution in [1.82, 2.24) is 19.7 Å². The summed E-state index contributed by atoms with van der Waals surface area (Å²) in [5, 5.41) is 16.9. The Bertz CT molecular complexity index is 1020. The van der Waals surface area contributed by atoms with Crippen molar-refractivity contribution in [3.63, 3.8) is 0 Å². The van der Waals surface area contributed by atoms with E-state index < -0.39 is 0 Å². The number of aromatic nitrogens is 4. The summed E-state index contributed by atoms with van der Waals surface area (Å²) in [6, 6.07) is 9.44. The van der Waals surface area contributed by atoms with Gasteiger partial charge in [0.15, 0.2) is 0 Å². The molecule has 0 unspecified atom stereocenters. The van der Waals surface area contributed by atoms with E-state index in [1.807, 2.05) is 19.2 Å². The average Bonchev–Trinajstić information content (AvgIpc) is 3.51. The summed E-state index contributed by atoms with van der Waals surface area (Å²) in [5.41, 5.74) is 8.65. The number of anilines is 1. The summed E-state index contributed by atoms with van der Waals surface area (Å²) in [4.78, 5) is 8.64. The van der Waals surface area contributed by atoms with Crippen molar-refractivity contribution >= 4 is 5.95 Å². The summed E-state index contributed by atoms with van der Waals surface area (Å²) in [7, 11) is 1.86. The Morgan fingerprint density at radius 2 is 2.07 bits per heavy atom. The summed E-state index contributed by atoms with van der Waals surface area (Å²) in [5.74, 6) is 2.26. The predicted molar refractivity (Wildman–Crippen MR) is 105 cm³/mol. The van der Waals surface area contributed by atoms with E-state index in [2.05, 4.69) is 26.5 Å². The van der Waals surface area contributed by atoms with E-state index in [1.165, 1.54) is 12.8 Å². The summed E-state index contributed by atoms with van der Waals surface area (Å²) >= 11 is 0. The first-order valence-electron chi connectivity index (χ1n) is 9.20. The van der Waals surface area contributed by atoms with Gasteiger partial charge in [0.25, 0.3) is 0 Å². The van der Waals surface area contributed by atoms with Crippen LogP contribution in [0.2, 0.25) is 0 Å². The van der Waals surface area contributed by atoms with Crippen LogP contribution in [0.3, 0.4) is 0 Å². The first-order chi connectivity index (χ1) is 13.7. The van der Waals surface area contributed by atoms with Crippen molar-refractivity contribution in [2.24, 2.45) is 12.8 Å². The molecule has 0 spiro atoms. The molecule has 1 aromatic carbocycles. The zero-order valence-corrected chi connectivity index (χ0v) is 15.6. The number of nitrogens with one attached hydrogen (secondary N) is 1. The fraction of sp³-hybridized carbons (Fsp3) is 0.300. The third-order valence-electron chi connectivity index (χ3n) is 4.57. The van der Waals surface area contributed by atoms with Crippen LogP contribution >= 0.6 is 0 Å². The predicted octanol–water partition coefficient (Wildman–Crippen LogP) is 2.79. The molecule has 8 heteroatoms. The van der Waals surface area contributed by atoms with E-state index in [1.54, 1.807) is 29.2 Å². The SMILES string of the molecule is Cn1nc(C2CC2)cc1Oc1cc(C#N)ccc1-c1cnc(NCCN)nc1. The van der Waals surface area contributed by atoms with Gasteiger partial charge in [0, 0.05) is 55.6 Å². The van der Waals surface area contributed by atoms with E-state index in [-0.39, 0.29) is 0 Å².